The van der Waals surface area contributed by atoms with Crippen molar-refractivity contribution in [2.45, 2.75) is 51.9 Å². The molecule has 1 aliphatic rings. The number of sulfonamides is 1. The first-order valence-corrected chi connectivity index (χ1v) is 13.2. The maximum Gasteiger partial charge on any atom is 0.270 e. The second-order valence-corrected chi connectivity index (χ2v) is 12.1. The van der Waals surface area contributed by atoms with Crippen LogP contribution in [0, 0.1) is 28.4 Å². The van der Waals surface area contributed by atoms with Crippen LogP contribution in [0.3, 0.4) is 0 Å². The summed E-state index contributed by atoms with van der Waals surface area (Å²) in [7, 11) is -4.08. The van der Waals surface area contributed by atoms with Crippen LogP contribution in [0.25, 0.3) is 21.7 Å². The highest BCUT2D eigenvalue weighted by molar-refractivity contribution is 7.92. The standard InChI is InChI=1S/C27H28N2O5S/c1-16-9-11-18(29(30)31)14-25(16)35(32,33)28-23-15-22-21-13-17(27(2,3)4)10-12-24(21)34-26(22)20-8-6-5-7-19(20)23/h5-9,11,14-15,17,28H,10,12-13H2,1-4H3. The van der Waals surface area contributed by atoms with Crippen LogP contribution in [0.15, 0.2) is 57.8 Å². The van der Waals surface area contributed by atoms with Gasteiger partial charge in [-0.05, 0) is 42.7 Å². The number of anilines is 1. The van der Waals surface area contributed by atoms with Crippen LogP contribution in [0.5, 0.6) is 0 Å². The fourth-order valence-corrected chi connectivity index (χ4v) is 6.45. The van der Waals surface area contributed by atoms with Crippen molar-refractivity contribution in [3.8, 4) is 0 Å². The minimum Gasteiger partial charge on any atom is -0.460 e. The van der Waals surface area contributed by atoms with Gasteiger partial charge in [0, 0.05) is 40.3 Å². The van der Waals surface area contributed by atoms with Crippen LogP contribution in [-0.2, 0) is 22.9 Å². The number of hydrogen-bond acceptors (Lipinski definition) is 5. The zero-order valence-electron chi connectivity index (χ0n) is 20.2. The van der Waals surface area contributed by atoms with Crippen LogP contribution in [-0.4, -0.2) is 13.3 Å². The SMILES string of the molecule is Cc1ccc([N+](=O)[O-])cc1S(=O)(=O)Nc1cc2c3c(oc2c2ccccc12)CCC(C(C)(C)C)C3. The molecular weight excluding hydrogens is 464 g/mol. The van der Waals surface area contributed by atoms with Gasteiger partial charge in [-0.2, -0.15) is 0 Å². The molecule has 0 saturated carbocycles. The van der Waals surface area contributed by atoms with E-state index in [0.717, 1.165) is 53.0 Å². The highest BCUT2D eigenvalue weighted by atomic mass is 32.2. The number of fused-ring (bicyclic) bond motifs is 5. The van der Waals surface area contributed by atoms with E-state index in [-0.39, 0.29) is 16.0 Å². The van der Waals surface area contributed by atoms with Crippen molar-refractivity contribution in [1.29, 1.82) is 0 Å². The smallest absolute Gasteiger partial charge is 0.270 e. The summed E-state index contributed by atoms with van der Waals surface area (Å²) in [5, 5.41) is 13.7. The fraction of sp³-hybridized carbons (Fsp3) is 0.333. The molecule has 0 bridgehead atoms. The molecule has 1 N–H and O–H groups in total. The quantitative estimate of drug-likeness (QED) is 0.251. The Bertz CT molecular complexity index is 1600. The molecule has 0 fully saturated rings. The van der Waals surface area contributed by atoms with Gasteiger partial charge in [0.2, 0.25) is 0 Å². The number of rotatable bonds is 4. The first-order chi connectivity index (χ1) is 16.5. The number of hydrogen-bond donors (Lipinski definition) is 1. The van der Waals surface area contributed by atoms with Crippen LogP contribution in [0.1, 0.15) is 44.1 Å². The number of furan rings is 1. The first-order valence-electron chi connectivity index (χ1n) is 11.7. The van der Waals surface area contributed by atoms with Crippen LogP contribution >= 0.6 is 0 Å². The molecule has 8 heteroatoms. The molecule has 1 heterocycles. The van der Waals surface area contributed by atoms with Gasteiger partial charge >= 0.3 is 0 Å². The molecule has 182 valence electrons. The van der Waals surface area contributed by atoms with Gasteiger partial charge in [-0.3, -0.25) is 14.8 Å². The topological polar surface area (TPSA) is 102 Å². The maximum absolute atomic E-state index is 13.4. The lowest BCUT2D eigenvalue weighted by atomic mass is 9.71. The summed E-state index contributed by atoms with van der Waals surface area (Å²) in [6.45, 7) is 8.38. The Morgan fingerprint density at radius 1 is 1.06 bits per heavy atom. The highest BCUT2D eigenvalue weighted by Gasteiger charge is 2.32. The zero-order valence-corrected chi connectivity index (χ0v) is 21.0. The Morgan fingerprint density at radius 2 is 1.77 bits per heavy atom. The number of aryl methyl sites for hydroxylation is 2. The minimum absolute atomic E-state index is 0.113. The summed E-state index contributed by atoms with van der Waals surface area (Å²) in [5.41, 5.74) is 2.66. The Balaban J connectivity index is 1.67. The summed E-state index contributed by atoms with van der Waals surface area (Å²) in [6.07, 6.45) is 2.79. The Hall–Kier alpha value is -3.39. The fourth-order valence-electron chi connectivity index (χ4n) is 5.11. The number of nitrogens with zero attached hydrogens (tertiary/aromatic N) is 1. The average Bonchev–Trinajstić information content (AvgIpc) is 3.16. The van der Waals surface area contributed by atoms with E-state index in [9.17, 15) is 18.5 Å². The van der Waals surface area contributed by atoms with Gasteiger partial charge in [0.1, 0.15) is 11.3 Å². The lowest BCUT2D eigenvalue weighted by Gasteiger charge is -2.33. The van der Waals surface area contributed by atoms with Crippen molar-refractivity contribution in [3.63, 3.8) is 0 Å². The van der Waals surface area contributed by atoms with Crippen molar-refractivity contribution in [2.75, 3.05) is 4.72 Å². The number of non-ortho nitro benzene ring substituents is 1. The lowest BCUT2D eigenvalue weighted by Crippen LogP contribution is -2.26. The molecule has 1 unspecified atom stereocenters. The molecule has 0 aliphatic heterocycles. The third-order valence-electron chi connectivity index (χ3n) is 7.19. The molecular formula is C27H28N2O5S. The minimum atomic E-state index is -4.08. The van der Waals surface area contributed by atoms with Crippen LogP contribution in [0.2, 0.25) is 0 Å². The van der Waals surface area contributed by atoms with Crippen molar-refractivity contribution in [2.24, 2.45) is 11.3 Å². The van der Waals surface area contributed by atoms with Gasteiger partial charge in [-0.1, -0.05) is 51.1 Å². The molecule has 0 spiro atoms. The average molecular weight is 493 g/mol. The van der Waals surface area contributed by atoms with E-state index in [1.165, 1.54) is 12.1 Å². The molecule has 0 saturated heterocycles. The van der Waals surface area contributed by atoms with E-state index in [0.29, 0.717) is 22.6 Å². The summed E-state index contributed by atoms with van der Waals surface area (Å²) in [4.78, 5) is 10.5. The van der Waals surface area contributed by atoms with Gasteiger partial charge in [0.05, 0.1) is 15.5 Å². The third kappa shape index (κ3) is 4.05. The normalized spacial score (nSPS) is 16.4. The zero-order chi connectivity index (χ0) is 25.1. The lowest BCUT2D eigenvalue weighted by molar-refractivity contribution is -0.385. The number of nitrogens with one attached hydrogen (secondary N) is 1. The highest BCUT2D eigenvalue weighted by Crippen LogP contribution is 2.44. The molecule has 0 amide bonds. The monoisotopic (exact) mass is 492 g/mol. The van der Waals surface area contributed by atoms with Crippen molar-refractivity contribution in [1.82, 2.24) is 0 Å². The Kier molecular flexibility index (Phi) is 5.40. The second kappa shape index (κ2) is 8.09. The summed E-state index contributed by atoms with van der Waals surface area (Å²) in [6, 6.07) is 13.3. The summed E-state index contributed by atoms with van der Waals surface area (Å²) < 4.78 is 35.9. The molecule has 35 heavy (non-hydrogen) atoms. The van der Waals surface area contributed by atoms with E-state index in [2.05, 4.69) is 25.5 Å². The van der Waals surface area contributed by atoms with Crippen molar-refractivity contribution < 1.29 is 17.8 Å². The van der Waals surface area contributed by atoms with Crippen LogP contribution < -0.4 is 4.72 Å². The summed E-state index contributed by atoms with van der Waals surface area (Å²) >= 11 is 0. The van der Waals surface area contributed by atoms with Crippen molar-refractivity contribution >= 4 is 43.1 Å². The van der Waals surface area contributed by atoms with Gasteiger partial charge in [-0.25, -0.2) is 8.42 Å². The Morgan fingerprint density at radius 3 is 2.46 bits per heavy atom. The van der Waals surface area contributed by atoms with Crippen LogP contribution in [0.4, 0.5) is 11.4 Å². The van der Waals surface area contributed by atoms with E-state index in [4.69, 9.17) is 4.42 Å². The van der Waals surface area contributed by atoms with E-state index < -0.39 is 14.9 Å². The molecule has 4 aromatic rings. The molecule has 0 radical (unpaired) electrons. The number of nitro benzene ring substituents is 1. The van der Waals surface area contributed by atoms with E-state index >= 15 is 0 Å². The molecule has 1 atom stereocenters. The van der Waals surface area contributed by atoms with E-state index in [1.807, 2.05) is 30.3 Å². The van der Waals surface area contributed by atoms with Gasteiger partial charge in [0.25, 0.3) is 15.7 Å². The predicted molar refractivity (Wildman–Crippen MR) is 137 cm³/mol. The molecule has 5 rings (SSSR count). The van der Waals surface area contributed by atoms with Gasteiger partial charge in [0.15, 0.2) is 0 Å². The summed E-state index contributed by atoms with van der Waals surface area (Å²) in [5.74, 6) is 1.47. The molecule has 3 aromatic carbocycles. The molecule has 1 aliphatic carbocycles. The van der Waals surface area contributed by atoms with Gasteiger partial charge < -0.3 is 4.42 Å². The largest absolute Gasteiger partial charge is 0.460 e. The van der Waals surface area contributed by atoms with E-state index in [1.54, 1.807) is 6.92 Å². The molecule has 7 nitrogen and oxygen atoms in total. The molecule has 1 aromatic heterocycles. The maximum atomic E-state index is 13.4. The predicted octanol–water partition coefficient (Wildman–Crippen LogP) is 6.75. The number of nitro groups is 1. The Labute approximate surface area is 204 Å². The van der Waals surface area contributed by atoms with Crippen molar-refractivity contribution in [3.05, 3.63) is 75.5 Å². The van der Waals surface area contributed by atoms with Gasteiger partial charge in [-0.15, -0.1) is 0 Å². The first kappa shape index (κ1) is 23.4. The number of benzene rings is 3. The second-order valence-electron chi connectivity index (χ2n) is 10.5. The third-order valence-corrected chi connectivity index (χ3v) is 8.70.